The van der Waals surface area contributed by atoms with Crippen molar-refractivity contribution >= 4 is 10.0 Å². The van der Waals surface area contributed by atoms with Gasteiger partial charge in [0.2, 0.25) is 10.0 Å². The van der Waals surface area contributed by atoms with Gasteiger partial charge in [-0.05, 0) is 31.9 Å². The van der Waals surface area contributed by atoms with E-state index in [2.05, 4.69) is 15.0 Å². The zero-order chi connectivity index (χ0) is 13.7. The standard InChI is InChI=1S/C12H21N3O3S/c1-13-7-11-6-12(8-14-11)19(16,17)15-4-2-10-3-5-18-9-10/h6,8,10,13-15H,2-5,7,9H2,1H3. The van der Waals surface area contributed by atoms with Gasteiger partial charge in [0.05, 0.1) is 4.90 Å². The van der Waals surface area contributed by atoms with Gasteiger partial charge in [0.15, 0.2) is 0 Å². The van der Waals surface area contributed by atoms with E-state index in [1.54, 1.807) is 6.07 Å². The van der Waals surface area contributed by atoms with E-state index in [0.29, 0.717) is 23.9 Å². The molecule has 6 nitrogen and oxygen atoms in total. The van der Waals surface area contributed by atoms with Crippen molar-refractivity contribution in [3.8, 4) is 0 Å². The Morgan fingerprint density at radius 2 is 2.37 bits per heavy atom. The lowest BCUT2D eigenvalue weighted by molar-refractivity contribution is 0.184. The minimum absolute atomic E-state index is 0.292. The van der Waals surface area contributed by atoms with Gasteiger partial charge in [0, 0.05) is 38.2 Å². The maximum atomic E-state index is 12.0. The lowest BCUT2D eigenvalue weighted by atomic mass is 10.1. The first-order valence-electron chi connectivity index (χ1n) is 6.51. The maximum Gasteiger partial charge on any atom is 0.242 e. The van der Waals surface area contributed by atoms with Crippen LogP contribution in [-0.2, 0) is 21.3 Å². The Hall–Kier alpha value is -0.890. The summed E-state index contributed by atoms with van der Waals surface area (Å²) in [6.45, 7) is 2.62. The van der Waals surface area contributed by atoms with E-state index in [9.17, 15) is 8.42 Å². The molecule has 19 heavy (non-hydrogen) atoms. The molecule has 1 unspecified atom stereocenters. The number of hydrogen-bond acceptors (Lipinski definition) is 4. The number of sulfonamides is 1. The first-order chi connectivity index (χ1) is 9.12. The molecule has 2 heterocycles. The SMILES string of the molecule is CNCc1cc(S(=O)(=O)NCCC2CCOC2)c[nH]1. The van der Waals surface area contributed by atoms with E-state index in [-0.39, 0.29) is 0 Å². The van der Waals surface area contributed by atoms with E-state index in [1.807, 2.05) is 7.05 Å². The fraction of sp³-hybridized carbons (Fsp3) is 0.667. The quantitative estimate of drug-likeness (QED) is 0.679. The Kier molecular flexibility index (Phi) is 4.98. The van der Waals surface area contributed by atoms with Gasteiger partial charge in [-0.1, -0.05) is 0 Å². The predicted octanol–water partition coefficient (Wildman–Crippen LogP) is 0.439. The second kappa shape index (κ2) is 6.51. The summed E-state index contributed by atoms with van der Waals surface area (Å²) in [5.74, 6) is 0.480. The molecule has 0 amide bonds. The summed E-state index contributed by atoms with van der Waals surface area (Å²) < 4.78 is 32.0. The maximum absolute atomic E-state index is 12.0. The van der Waals surface area contributed by atoms with Crippen LogP contribution in [0.5, 0.6) is 0 Å². The number of ether oxygens (including phenoxy) is 1. The number of aromatic nitrogens is 1. The molecule has 2 rings (SSSR count). The molecule has 1 aliphatic heterocycles. The van der Waals surface area contributed by atoms with Crippen LogP contribution in [-0.4, -0.2) is 40.2 Å². The summed E-state index contributed by atoms with van der Waals surface area (Å²) in [6, 6.07) is 1.65. The molecule has 1 saturated heterocycles. The summed E-state index contributed by atoms with van der Waals surface area (Å²) in [5, 5.41) is 2.97. The first-order valence-corrected chi connectivity index (χ1v) is 7.99. The van der Waals surface area contributed by atoms with Gasteiger partial charge in [0.25, 0.3) is 0 Å². The number of aromatic amines is 1. The predicted molar refractivity (Wildman–Crippen MR) is 72.3 cm³/mol. The molecular weight excluding hydrogens is 266 g/mol. The van der Waals surface area contributed by atoms with Gasteiger partial charge in [-0.25, -0.2) is 13.1 Å². The highest BCUT2D eigenvalue weighted by atomic mass is 32.2. The van der Waals surface area contributed by atoms with Crippen LogP contribution in [0.2, 0.25) is 0 Å². The lowest BCUT2D eigenvalue weighted by Crippen LogP contribution is -2.26. The minimum Gasteiger partial charge on any atom is -0.381 e. The summed E-state index contributed by atoms with van der Waals surface area (Å²) >= 11 is 0. The van der Waals surface area contributed by atoms with Crippen LogP contribution >= 0.6 is 0 Å². The topological polar surface area (TPSA) is 83.2 Å². The van der Waals surface area contributed by atoms with Crippen molar-refractivity contribution in [1.29, 1.82) is 0 Å². The van der Waals surface area contributed by atoms with Crippen LogP contribution in [0.25, 0.3) is 0 Å². The highest BCUT2D eigenvalue weighted by Gasteiger charge is 2.18. The molecule has 1 aromatic heterocycles. The number of H-pyrrole nitrogens is 1. The van der Waals surface area contributed by atoms with Crippen molar-refractivity contribution in [2.24, 2.45) is 5.92 Å². The molecule has 1 aliphatic rings. The Balaban J connectivity index is 1.85. The van der Waals surface area contributed by atoms with E-state index >= 15 is 0 Å². The number of rotatable bonds is 7. The number of hydrogen-bond donors (Lipinski definition) is 3. The Morgan fingerprint density at radius 3 is 3.05 bits per heavy atom. The highest BCUT2D eigenvalue weighted by molar-refractivity contribution is 7.89. The first kappa shape index (κ1) is 14.5. The molecule has 1 fully saturated rings. The minimum atomic E-state index is -3.40. The van der Waals surface area contributed by atoms with Crippen LogP contribution in [0.4, 0.5) is 0 Å². The third kappa shape index (κ3) is 4.04. The largest absolute Gasteiger partial charge is 0.381 e. The molecule has 0 saturated carbocycles. The van der Waals surface area contributed by atoms with E-state index < -0.39 is 10.0 Å². The Labute approximate surface area is 114 Å². The third-order valence-corrected chi connectivity index (χ3v) is 4.70. The van der Waals surface area contributed by atoms with Crippen LogP contribution < -0.4 is 10.0 Å². The molecule has 0 radical (unpaired) electrons. The van der Waals surface area contributed by atoms with Crippen molar-refractivity contribution < 1.29 is 13.2 Å². The molecule has 7 heteroatoms. The fourth-order valence-corrected chi connectivity index (χ4v) is 3.22. The van der Waals surface area contributed by atoms with Crippen molar-refractivity contribution in [2.45, 2.75) is 24.3 Å². The van der Waals surface area contributed by atoms with Gasteiger partial charge >= 0.3 is 0 Å². The molecule has 0 aliphatic carbocycles. The lowest BCUT2D eigenvalue weighted by Gasteiger charge is -2.08. The van der Waals surface area contributed by atoms with Gasteiger partial charge < -0.3 is 15.0 Å². The van der Waals surface area contributed by atoms with E-state index in [1.165, 1.54) is 6.20 Å². The molecule has 0 spiro atoms. The molecule has 3 N–H and O–H groups in total. The second-order valence-corrected chi connectivity index (χ2v) is 6.57. The van der Waals surface area contributed by atoms with Crippen molar-refractivity contribution in [3.63, 3.8) is 0 Å². The average molecular weight is 287 g/mol. The van der Waals surface area contributed by atoms with Crippen molar-refractivity contribution in [3.05, 3.63) is 18.0 Å². The highest BCUT2D eigenvalue weighted by Crippen LogP contribution is 2.16. The molecule has 0 bridgehead atoms. The third-order valence-electron chi connectivity index (χ3n) is 3.26. The molecule has 108 valence electrons. The zero-order valence-corrected chi connectivity index (χ0v) is 11.9. The van der Waals surface area contributed by atoms with Gasteiger partial charge in [-0.3, -0.25) is 0 Å². The molecule has 1 atom stereocenters. The van der Waals surface area contributed by atoms with Crippen molar-refractivity contribution in [2.75, 3.05) is 26.8 Å². The number of nitrogens with one attached hydrogen (secondary N) is 3. The second-order valence-electron chi connectivity index (χ2n) is 4.81. The van der Waals surface area contributed by atoms with Crippen LogP contribution in [0.3, 0.4) is 0 Å². The fourth-order valence-electron chi connectivity index (χ4n) is 2.16. The normalized spacial score (nSPS) is 19.9. The van der Waals surface area contributed by atoms with Crippen LogP contribution in [0.1, 0.15) is 18.5 Å². The Bertz CT molecular complexity index is 492. The van der Waals surface area contributed by atoms with Crippen LogP contribution in [0, 0.1) is 5.92 Å². The monoisotopic (exact) mass is 287 g/mol. The Morgan fingerprint density at radius 1 is 1.53 bits per heavy atom. The molecular formula is C12H21N3O3S. The van der Waals surface area contributed by atoms with E-state index in [0.717, 1.165) is 31.7 Å². The van der Waals surface area contributed by atoms with Crippen molar-refractivity contribution in [1.82, 2.24) is 15.0 Å². The van der Waals surface area contributed by atoms with Gasteiger partial charge in [0.1, 0.15) is 0 Å². The van der Waals surface area contributed by atoms with E-state index in [4.69, 9.17) is 4.74 Å². The molecule has 0 aromatic carbocycles. The smallest absolute Gasteiger partial charge is 0.242 e. The van der Waals surface area contributed by atoms with Crippen LogP contribution in [0.15, 0.2) is 17.2 Å². The van der Waals surface area contributed by atoms with Gasteiger partial charge in [-0.15, -0.1) is 0 Å². The molecule has 1 aromatic rings. The van der Waals surface area contributed by atoms with Gasteiger partial charge in [-0.2, -0.15) is 0 Å². The summed E-state index contributed by atoms with van der Waals surface area (Å²) in [6.07, 6.45) is 3.37. The zero-order valence-electron chi connectivity index (χ0n) is 11.1. The summed E-state index contributed by atoms with van der Waals surface area (Å²) in [4.78, 5) is 3.23. The summed E-state index contributed by atoms with van der Waals surface area (Å²) in [5.41, 5.74) is 0.854. The summed E-state index contributed by atoms with van der Waals surface area (Å²) in [7, 11) is -1.58. The average Bonchev–Trinajstić information content (AvgIpc) is 3.00.